The first-order chi connectivity index (χ1) is 9.66. The number of hydrogen-bond donors (Lipinski definition) is 2. The minimum absolute atomic E-state index is 0.264. The number of rotatable bonds is 4. The van der Waals surface area contributed by atoms with Crippen LogP contribution in [0.25, 0.3) is 0 Å². The van der Waals surface area contributed by atoms with E-state index in [4.69, 9.17) is 0 Å². The van der Waals surface area contributed by atoms with E-state index in [9.17, 15) is 5.11 Å². The van der Waals surface area contributed by atoms with Gasteiger partial charge in [0.1, 0.15) is 5.75 Å². The molecule has 0 radical (unpaired) electrons. The van der Waals surface area contributed by atoms with Gasteiger partial charge < -0.3 is 10.4 Å². The predicted molar refractivity (Wildman–Crippen MR) is 82.4 cm³/mol. The summed E-state index contributed by atoms with van der Waals surface area (Å²) in [6.45, 7) is 5.28. The molecule has 1 aromatic heterocycles. The van der Waals surface area contributed by atoms with E-state index in [0.29, 0.717) is 11.7 Å². The number of phenols is 1. The minimum atomic E-state index is 0.264. The molecule has 2 unspecified atom stereocenters. The highest BCUT2D eigenvalue weighted by atomic mass is 32.1. The SMILES string of the molecule is Cc1ccc(O)c2c1C(C)CC2NCCc1nccs1. The summed E-state index contributed by atoms with van der Waals surface area (Å²) in [6.07, 6.45) is 3.86. The molecular formula is C16H20N2OS. The molecule has 0 amide bonds. The number of nitrogens with zero attached hydrogens (tertiary/aromatic N) is 1. The van der Waals surface area contributed by atoms with Crippen LogP contribution >= 0.6 is 11.3 Å². The monoisotopic (exact) mass is 288 g/mol. The third-order valence-electron chi connectivity index (χ3n) is 4.13. The van der Waals surface area contributed by atoms with Crippen molar-refractivity contribution < 1.29 is 5.11 Å². The van der Waals surface area contributed by atoms with E-state index >= 15 is 0 Å². The molecule has 0 aliphatic heterocycles. The van der Waals surface area contributed by atoms with Crippen LogP contribution in [0.1, 0.15) is 47.0 Å². The molecule has 0 saturated carbocycles. The van der Waals surface area contributed by atoms with Gasteiger partial charge in [0.25, 0.3) is 0 Å². The van der Waals surface area contributed by atoms with Gasteiger partial charge in [0.2, 0.25) is 0 Å². The van der Waals surface area contributed by atoms with Gasteiger partial charge in [0.15, 0.2) is 0 Å². The standard InChI is InChI=1S/C16H20N2OS/c1-10-3-4-13(19)16-12(9-11(2)15(10)16)17-6-5-14-18-7-8-20-14/h3-4,7-8,11-12,17,19H,5-6,9H2,1-2H3. The van der Waals surface area contributed by atoms with Crippen LogP contribution in [0.5, 0.6) is 5.75 Å². The summed E-state index contributed by atoms with van der Waals surface area (Å²) < 4.78 is 0. The van der Waals surface area contributed by atoms with Crippen molar-refractivity contribution in [3.05, 3.63) is 45.4 Å². The fourth-order valence-electron chi connectivity index (χ4n) is 3.26. The normalized spacial score (nSPS) is 21.1. The molecule has 0 saturated heterocycles. The van der Waals surface area contributed by atoms with Gasteiger partial charge in [-0.1, -0.05) is 13.0 Å². The number of thiazole rings is 1. The van der Waals surface area contributed by atoms with Crippen LogP contribution in [0, 0.1) is 6.92 Å². The molecule has 3 nitrogen and oxygen atoms in total. The molecule has 4 heteroatoms. The lowest BCUT2D eigenvalue weighted by Crippen LogP contribution is -2.22. The van der Waals surface area contributed by atoms with Crippen molar-refractivity contribution in [2.75, 3.05) is 6.54 Å². The highest BCUT2D eigenvalue weighted by Gasteiger charge is 2.31. The molecule has 0 spiro atoms. The fourth-order valence-corrected chi connectivity index (χ4v) is 3.88. The Labute approximate surface area is 123 Å². The van der Waals surface area contributed by atoms with E-state index in [0.717, 1.165) is 30.0 Å². The second-order valence-electron chi connectivity index (χ2n) is 5.55. The topological polar surface area (TPSA) is 45.1 Å². The first-order valence-corrected chi connectivity index (χ1v) is 7.99. The first-order valence-electron chi connectivity index (χ1n) is 7.11. The Hall–Kier alpha value is -1.39. The molecule has 1 aliphatic carbocycles. The van der Waals surface area contributed by atoms with E-state index < -0.39 is 0 Å². The highest BCUT2D eigenvalue weighted by Crippen LogP contribution is 2.45. The van der Waals surface area contributed by atoms with Gasteiger partial charge in [-0.05, 0) is 36.5 Å². The second kappa shape index (κ2) is 5.54. The molecule has 106 valence electrons. The van der Waals surface area contributed by atoms with Gasteiger partial charge in [-0.3, -0.25) is 0 Å². The van der Waals surface area contributed by atoms with E-state index in [2.05, 4.69) is 24.1 Å². The predicted octanol–water partition coefficient (Wildman–Crippen LogP) is 3.54. The number of benzene rings is 1. The third-order valence-corrected chi connectivity index (χ3v) is 4.97. The number of hydrogen-bond acceptors (Lipinski definition) is 4. The Bertz CT molecular complexity index is 595. The number of phenolic OH excluding ortho intramolecular Hbond substituents is 1. The molecule has 1 aromatic carbocycles. The Balaban J connectivity index is 1.73. The molecule has 2 aromatic rings. The van der Waals surface area contributed by atoms with Crippen LogP contribution in [0.2, 0.25) is 0 Å². The Morgan fingerprint density at radius 3 is 3.00 bits per heavy atom. The van der Waals surface area contributed by atoms with Crippen LogP contribution in [0.3, 0.4) is 0 Å². The van der Waals surface area contributed by atoms with Crippen LogP contribution in [0.4, 0.5) is 0 Å². The van der Waals surface area contributed by atoms with Crippen molar-refractivity contribution in [1.29, 1.82) is 0 Å². The zero-order valence-corrected chi connectivity index (χ0v) is 12.7. The molecular weight excluding hydrogens is 268 g/mol. The van der Waals surface area contributed by atoms with E-state index in [1.54, 1.807) is 11.3 Å². The van der Waals surface area contributed by atoms with Gasteiger partial charge in [-0.25, -0.2) is 4.98 Å². The molecule has 20 heavy (non-hydrogen) atoms. The zero-order valence-electron chi connectivity index (χ0n) is 11.9. The fraction of sp³-hybridized carbons (Fsp3) is 0.438. The third kappa shape index (κ3) is 2.45. The maximum atomic E-state index is 10.2. The van der Waals surface area contributed by atoms with Gasteiger partial charge in [-0.2, -0.15) is 0 Å². The van der Waals surface area contributed by atoms with Crippen LogP contribution in [-0.4, -0.2) is 16.6 Å². The van der Waals surface area contributed by atoms with Gasteiger partial charge >= 0.3 is 0 Å². The number of aromatic hydroxyl groups is 1. The summed E-state index contributed by atoms with van der Waals surface area (Å²) >= 11 is 1.70. The van der Waals surface area contributed by atoms with Gasteiger partial charge in [0.05, 0.1) is 5.01 Å². The lowest BCUT2D eigenvalue weighted by atomic mass is 9.97. The number of nitrogens with one attached hydrogen (secondary N) is 1. The Morgan fingerprint density at radius 1 is 1.40 bits per heavy atom. The average molecular weight is 288 g/mol. The van der Waals surface area contributed by atoms with Crippen molar-refractivity contribution in [1.82, 2.24) is 10.3 Å². The molecule has 0 fully saturated rings. The molecule has 1 heterocycles. The molecule has 0 bridgehead atoms. The highest BCUT2D eigenvalue weighted by molar-refractivity contribution is 7.09. The van der Waals surface area contributed by atoms with Gasteiger partial charge in [-0.15, -0.1) is 11.3 Å². The summed E-state index contributed by atoms with van der Waals surface area (Å²) in [5.41, 5.74) is 3.72. The first kappa shape index (κ1) is 13.6. The number of aryl methyl sites for hydroxylation is 1. The van der Waals surface area contributed by atoms with Crippen molar-refractivity contribution >= 4 is 11.3 Å². The van der Waals surface area contributed by atoms with Crippen LogP contribution in [0.15, 0.2) is 23.7 Å². The van der Waals surface area contributed by atoms with E-state index in [1.165, 1.54) is 11.1 Å². The van der Waals surface area contributed by atoms with Crippen LogP contribution < -0.4 is 5.32 Å². The maximum Gasteiger partial charge on any atom is 0.120 e. The Kier molecular flexibility index (Phi) is 3.76. The molecule has 1 aliphatic rings. The average Bonchev–Trinajstić information content (AvgIpc) is 3.03. The summed E-state index contributed by atoms with van der Waals surface area (Å²) in [6, 6.07) is 4.10. The van der Waals surface area contributed by atoms with Crippen molar-refractivity contribution in [2.45, 2.75) is 38.6 Å². The minimum Gasteiger partial charge on any atom is -0.508 e. The summed E-state index contributed by atoms with van der Waals surface area (Å²) in [5, 5.41) is 16.9. The van der Waals surface area contributed by atoms with Crippen molar-refractivity contribution in [3.8, 4) is 5.75 Å². The summed E-state index contributed by atoms with van der Waals surface area (Å²) in [5.74, 6) is 0.941. The van der Waals surface area contributed by atoms with Crippen LogP contribution in [-0.2, 0) is 6.42 Å². The lowest BCUT2D eigenvalue weighted by Gasteiger charge is -2.15. The smallest absolute Gasteiger partial charge is 0.120 e. The zero-order chi connectivity index (χ0) is 14.1. The van der Waals surface area contributed by atoms with Gasteiger partial charge in [0, 0.05) is 36.1 Å². The maximum absolute atomic E-state index is 10.2. The molecule has 2 N–H and O–H groups in total. The van der Waals surface area contributed by atoms with E-state index in [-0.39, 0.29) is 6.04 Å². The Morgan fingerprint density at radius 2 is 2.25 bits per heavy atom. The van der Waals surface area contributed by atoms with Crippen molar-refractivity contribution in [2.24, 2.45) is 0 Å². The second-order valence-corrected chi connectivity index (χ2v) is 6.53. The number of aromatic nitrogens is 1. The number of fused-ring (bicyclic) bond motifs is 1. The lowest BCUT2D eigenvalue weighted by molar-refractivity contribution is 0.446. The summed E-state index contributed by atoms with van der Waals surface area (Å²) in [4.78, 5) is 4.30. The quantitative estimate of drug-likeness (QED) is 0.904. The largest absolute Gasteiger partial charge is 0.508 e. The van der Waals surface area contributed by atoms with E-state index in [1.807, 2.05) is 23.7 Å². The summed E-state index contributed by atoms with van der Waals surface area (Å²) in [7, 11) is 0. The van der Waals surface area contributed by atoms with Crippen molar-refractivity contribution in [3.63, 3.8) is 0 Å². The molecule has 3 rings (SSSR count). The molecule has 2 atom stereocenters.